The quantitative estimate of drug-likeness (QED) is 0.785. The monoisotopic (exact) mass is 306 g/mol. The maximum Gasteiger partial charge on any atom is 0.223 e. The lowest BCUT2D eigenvalue weighted by molar-refractivity contribution is 0.601. The van der Waals surface area contributed by atoms with Crippen molar-refractivity contribution in [3.05, 3.63) is 54.9 Å². The Balaban J connectivity index is 1.62. The Hall–Kier alpha value is -2.76. The van der Waals surface area contributed by atoms with E-state index in [1.54, 1.807) is 12.4 Å². The minimum atomic E-state index is 0.147. The Morgan fingerprint density at radius 1 is 1.04 bits per heavy atom. The van der Waals surface area contributed by atoms with Crippen molar-refractivity contribution in [2.45, 2.75) is 18.9 Å². The van der Waals surface area contributed by atoms with Crippen LogP contribution in [0.1, 0.15) is 24.7 Å². The molecule has 116 valence electrons. The van der Waals surface area contributed by atoms with Crippen molar-refractivity contribution < 1.29 is 0 Å². The molecule has 3 aromatic heterocycles. The maximum absolute atomic E-state index is 4.61. The summed E-state index contributed by atoms with van der Waals surface area (Å²) in [5, 5.41) is 3.46. The Morgan fingerprint density at radius 3 is 2.65 bits per heavy atom. The van der Waals surface area contributed by atoms with E-state index in [-0.39, 0.29) is 6.04 Å². The second-order valence-corrected chi connectivity index (χ2v) is 5.84. The van der Waals surface area contributed by atoms with Gasteiger partial charge in [-0.05, 0) is 37.0 Å². The molecule has 0 aromatic carbocycles. The van der Waals surface area contributed by atoms with Crippen LogP contribution in [-0.2, 0) is 7.05 Å². The van der Waals surface area contributed by atoms with Crippen LogP contribution >= 0.6 is 0 Å². The number of rotatable bonds is 5. The van der Waals surface area contributed by atoms with Gasteiger partial charge in [0, 0.05) is 31.8 Å². The van der Waals surface area contributed by atoms with Crippen LogP contribution in [0.3, 0.4) is 0 Å². The molecular formula is C17H18N6. The molecule has 0 saturated heterocycles. The Kier molecular flexibility index (Phi) is 3.49. The van der Waals surface area contributed by atoms with Gasteiger partial charge in [-0.1, -0.05) is 6.07 Å². The lowest BCUT2D eigenvalue weighted by Gasteiger charge is -2.18. The molecule has 23 heavy (non-hydrogen) atoms. The molecule has 6 heteroatoms. The summed E-state index contributed by atoms with van der Waals surface area (Å²) in [6, 6.07) is 7.82. The summed E-state index contributed by atoms with van der Waals surface area (Å²) in [6.45, 7) is 0. The second-order valence-electron chi connectivity index (χ2n) is 5.84. The van der Waals surface area contributed by atoms with Gasteiger partial charge >= 0.3 is 0 Å². The van der Waals surface area contributed by atoms with Crippen LogP contribution in [0.4, 0.5) is 5.95 Å². The highest BCUT2D eigenvalue weighted by Gasteiger charge is 2.35. The standard InChI is InChI=1S/C17H18N6/c1-23-11-10-19-16(23)15(12-5-6-12)22-17-20-9-7-14(21-17)13-4-2-3-8-18-13/h2-4,7-12,15H,5-6H2,1H3,(H,20,21,22)/t15-/m0/s1. The third-order valence-electron chi connectivity index (χ3n) is 4.10. The minimum Gasteiger partial charge on any atom is -0.344 e. The molecule has 0 bridgehead atoms. The van der Waals surface area contributed by atoms with Crippen molar-refractivity contribution in [3.63, 3.8) is 0 Å². The number of nitrogens with zero attached hydrogens (tertiary/aromatic N) is 5. The lowest BCUT2D eigenvalue weighted by atomic mass is 10.1. The third kappa shape index (κ3) is 2.92. The number of anilines is 1. The van der Waals surface area contributed by atoms with Gasteiger partial charge in [0.05, 0.1) is 17.4 Å². The number of hydrogen-bond donors (Lipinski definition) is 1. The summed E-state index contributed by atoms with van der Waals surface area (Å²) in [7, 11) is 2.02. The van der Waals surface area contributed by atoms with E-state index in [1.807, 2.05) is 43.7 Å². The average Bonchev–Trinajstić information content (AvgIpc) is 3.35. The number of nitrogens with one attached hydrogen (secondary N) is 1. The van der Waals surface area contributed by atoms with E-state index < -0.39 is 0 Å². The molecule has 3 aromatic rings. The van der Waals surface area contributed by atoms with Crippen molar-refractivity contribution in [3.8, 4) is 11.4 Å². The summed E-state index contributed by atoms with van der Waals surface area (Å²) in [5.74, 6) is 2.24. The summed E-state index contributed by atoms with van der Waals surface area (Å²) < 4.78 is 2.05. The summed E-state index contributed by atoms with van der Waals surface area (Å²) >= 11 is 0. The predicted molar refractivity (Wildman–Crippen MR) is 87.6 cm³/mol. The second kappa shape index (κ2) is 5.79. The first-order chi connectivity index (χ1) is 11.3. The van der Waals surface area contributed by atoms with Crippen LogP contribution in [0.25, 0.3) is 11.4 Å². The number of pyridine rings is 1. The molecule has 0 aliphatic heterocycles. The minimum absolute atomic E-state index is 0.147. The molecule has 0 spiro atoms. The fourth-order valence-electron chi connectivity index (χ4n) is 2.72. The van der Waals surface area contributed by atoms with E-state index in [4.69, 9.17) is 0 Å². The average molecular weight is 306 g/mol. The molecule has 1 saturated carbocycles. The zero-order valence-corrected chi connectivity index (χ0v) is 12.9. The maximum atomic E-state index is 4.61. The zero-order chi connectivity index (χ0) is 15.6. The van der Waals surface area contributed by atoms with Crippen LogP contribution < -0.4 is 5.32 Å². The Bertz CT molecular complexity index is 794. The van der Waals surface area contributed by atoms with Gasteiger partial charge in [-0.3, -0.25) is 4.98 Å². The number of hydrogen-bond acceptors (Lipinski definition) is 5. The Morgan fingerprint density at radius 2 is 1.96 bits per heavy atom. The normalized spacial score (nSPS) is 15.3. The van der Waals surface area contributed by atoms with E-state index in [9.17, 15) is 0 Å². The van der Waals surface area contributed by atoms with Crippen LogP contribution in [-0.4, -0.2) is 24.5 Å². The first-order valence-corrected chi connectivity index (χ1v) is 7.79. The molecule has 4 rings (SSSR count). The van der Waals surface area contributed by atoms with Gasteiger partial charge in [0.1, 0.15) is 5.82 Å². The first kappa shape index (κ1) is 13.9. The fraction of sp³-hybridized carbons (Fsp3) is 0.294. The molecule has 0 amide bonds. The molecule has 0 radical (unpaired) electrons. The number of aromatic nitrogens is 5. The molecule has 1 fully saturated rings. The summed E-state index contributed by atoms with van der Waals surface area (Å²) in [4.78, 5) is 17.8. The number of aryl methyl sites for hydroxylation is 1. The van der Waals surface area contributed by atoms with Crippen molar-refractivity contribution in [2.75, 3.05) is 5.32 Å². The predicted octanol–water partition coefficient (Wildman–Crippen LogP) is 2.84. The molecule has 1 atom stereocenters. The van der Waals surface area contributed by atoms with Crippen molar-refractivity contribution >= 4 is 5.95 Å². The lowest BCUT2D eigenvalue weighted by Crippen LogP contribution is -2.18. The largest absolute Gasteiger partial charge is 0.344 e. The highest BCUT2D eigenvalue weighted by Crippen LogP contribution is 2.41. The summed E-state index contributed by atoms with van der Waals surface area (Å²) in [6.07, 6.45) is 9.76. The third-order valence-corrected chi connectivity index (χ3v) is 4.10. The van der Waals surface area contributed by atoms with Gasteiger partial charge in [0.15, 0.2) is 0 Å². The summed E-state index contributed by atoms with van der Waals surface area (Å²) in [5.41, 5.74) is 1.66. The van der Waals surface area contributed by atoms with E-state index in [0.717, 1.165) is 17.2 Å². The zero-order valence-electron chi connectivity index (χ0n) is 12.9. The van der Waals surface area contributed by atoms with E-state index in [2.05, 4.69) is 29.8 Å². The molecule has 1 N–H and O–H groups in total. The molecule has 3 heterocycles. The van der Waals surface area contributed by atoms with Crippen LogP contribution in [0.5, 0.6) is 0 Å². The highest BCUT2D eigenvalue weighted by molar-refractivity contribution is 5.54. The number of imidazole rings is 1. The molecular weight excluding hydrogens is 288 g/mol. The van der Waals surface area contributed by atoms with Gasteiger partial charge in [-0.15, -0.1) is 0 Å². The van der Waals surface area contributed by atoms with E-state index >= 15 is 0 Å². The molecule has 1 aliphatic carbocycles. The fourth-order valence-corrected chi connectivity index (χ4v) is 2.72. The van der Waals surface area contributed by atoms with Gasteiger partial charge in [0.2, 0.25) is 5.95 Å². The molecule has 1 aliphatic rings. The van der Waals surface area contributed by atoms with Crippen LogP contribution in [0.15, 0.2) is 49.1 Å². The van der Waals surface area contributed by atoms with Crippen LogP contribution in [0.2, 0.25) is 0 Å². The van der Waals surface area contributed by atoms with Gasteiger partial charge in [0.25, 0.3) is 0 Å². The van der Waals surface area contributed by atoms with Gasteiger partial charge < -0.3 is 9.88 Å². The van der Waals surface area contributed by atoms with Crippen molar-refractivity contribution in [1.82, 2.24) is 24.5 Å². The van der Waals surface area contributed by atoms with Gasteiger partial charge in [-0.2, -0.15) is 0 Å². The van der Waals surface area contributed by atoms with Crippen molar-refractivity contribution in [1.29, 1.82) is 0 Å². The smallest absolute Gasteiger partial charge is 0.223 e. The van der Waals surface area contributed by atoms with Crippen LogP contribution in [0, 0.1) is 5.92 Å². The highest BCUT2D eigenvalue weighted by atomic mass is 15.2. The molecule has 0 unspecified atom stereocenters. The molecule has 6 nitrogen and oxygen atoms in total. The Labute approximate surface area is 134 Å². The first-order valence-electron chi connectivity index (χ1n) is 7.79. The van der Waals surface area contributed by atoms with Crippen molar-refractivity contribution in [2.24, 2.45) is 13.0 Å². The van der Waals surface area contributed by atoms with Gasteiger partial charge in [-0.25, -0.2) is 15.0 Å². The van der Waals surface area contributed by atoms with E-state index in [0.29, 0.717) is 11.9 Å². The SMILES string of the molecule is Cn1ccnc1[C@@H](Nc1nccc(-c2ccccn2)n1)C1CC1. The van der Waals surface area contributed by atoms with E-state index in [1.165, 1.54) is 12.8 Å². The topological polar surface area (TPSA) is 68.5 Å².